The summed E-state index contributed by atoms with van der Waals surface area (Å²) in [6.07, 6.45) is -2.92. The van der Waals surface area contributed by atoms with Gasteiger partial charge in [-0.1, -0.05) is 0 Å². The average Bonchev–Trinajstić information content (AvgIpc) is 1.87. The van der Waals surface area contributed by atoms with Crippen molar-refractivity contribution in [2.24, 2.45) is 0 Å². The van der Waals surface area contributed by atoms with Crippen molar-refractivity contribution < 1.29 is 29.3 Å². The fraction of sp³-hybridized carbons (Fsp3) is 0.667. The molecule has 14 heavy (non-hydrogen) atoms. The summed E-state index contributed by atoms with van der Waals surface area (Å²) in [6, 6.07) is 0. The second-order valence-electron chi connectivity index (χ2n) is 1.37. The van der Waals surface area contributed by atoms with Crippen LogP contribution in [0.2, 0.25) is 0 Å². The van der Waals surface area contributed by atoms with E-state index in [4.69, 9.17) is 0 Å². The minimum Gasteiger partial charge on any atom is -0.550 e. The summed E-state index contributed by atoms with van der Waals surface area (Å²) in [7, 11) is 0. The molecule has 76 valence electrons. The van der Waals surface area contributed by atoms with Gasteiger partial charge < -0.3 is 29.3 Å². The van der Waals surface area contributed by atoms with E-state index in [0.29, 0.717) is 0 Å². The Morgan fingerprint density at radius 3 is 1.21 bits per heavy atom. The summed E-state index contributed by atoms with van der Waals surface area (Å²) in [4.78, 5) is 18.5. The van der Waals surface area contributed by atoms with Gasteiger partial charge in [0.05, 0.1) is 0 Å². The minimum atomic E-state index is -1.46. The molecule has 0 saturated carbocycles. The summed E-state index contributed by atoms with van der Waals surface area (Å²) >= 11 is 0. The molecule has 0 aliphatic rings. The molecule has 0 unspecified atom stereocenters. The van der Waals surface area contributed by atoms with Gasteiger partial charge in [0.15, 0.2) is 0 Å². The van der Waals surface area contributed by atoms with Gasteiger partial charge in [-0.15, -0.1) is 0 Å². The van der Waals surface area contributed by atoms with Crippen LogP contribution in [0, 0.1) is 0 Å². The molecule has 0 aromatic rings. The maximum atomic E-state index is 9.27. The number of carbonyl (C=O) groups excluding carboxylic acids is 2. The fourth-order valence-corrected chi connectivity index (χ4v) is 0.236. The average molecular weight is 229 g/mol. The van der Waals surface area contributed by atoms with E-state index in [2.05, 4.69) is 9.47 Å². The van der Waals surface area contributed by atoms with E-state index < -0.39 is 12.3 Å². The van der Waals surface area contributed by atoms with Crippen LogP contribution in [0.15, 0.2) is 0 Å². The standard InChI is InChI=1S/2C3H6O3.2Mg.2H/c2*1-2-6-3(4)5;;;;/h2*2H2,1H3,(H,4,5);;;;/q;;;+2;;/p-2. The van der Waals surface area contributed by atoms with Gasteiger partial charge >= 0.3 is 46.1 Å². The summed E-state index contributed by atoms with van der Waals surface area (Å²) in [5.74, 6) is 0. The van der Waals surface area contributed by atoms with E-state index in [-0.39, 0.29) is 59.3 Å². The number of carboxylic acid groups (broad SMARTS) is 2. The number of hydrogen-bond donors (Lipinski definition) is 0. The second-order valence-corrected chi connectivity index (χ2v) is 1.37. The van der Waals surface area contributed by atoms with Gasteiger partial charge in [0, 0.05) is 13.2 Å². The zero-order chi connectivity index (χ0) is 9.98. The van der Waals surface area contributed by atoms with Crippen LogP contribution in [-0.2, 0) is 9.47 Å². The summed E-state index contributed by atoms with van der Waals surface area (Å²) in [5.41, 5.74) is 0. The first-order valence-corrected chi connectivity index (χ1v) is 3.22. The van der Waals surface area contributed by atoms with E-state index in [1.54, 1.807) is 13.8 Å². The third-order valence-corrected chi connectivity index (χ3v) is 0.524. The van der Waals surface area contributed by atoms with Gasteiger partial charge in [-0.05, 0) is 13.8 Å². The predicted molar refractivity (Wildman–Crippen MR) is 48.3 cm³/mol. The Balaban J connectivity index is -0.0000000625. The van der Waals surface area contributed by atoms with Crippen molar-refractivity contribution in [3.05, 3.63) is 0 Å². The molecule has 0 aliphatic heterocycles. The van der Waals surface area contributed by atoms with Crippen molar-refractivity contribution in [2.75, 3.05) is 13.2 Å². The van der Waals surface area contributed by atoms with Crippen LogP contribution < -0.4 is 10.2 Å². The molecular formula is C6H12Mg2O6. The Morgan fingerprint density at radius 1 is 1.00 bits per heavy atom. The van der Waals surface area contributed by atoms with Gasteiger partial charge in [0.1, 0.15) is 0 Å². The topological polar surface area (TPSA) is 98.7 Å². The molecule has 8 heteroatoms. The third-order valence-electron chi connectivity index (χ3n) is 0.524. The van der Waals surface area contributed by atoms with Gasteiger partial charge in [-0.2, -0.15) is 0 Å². The largest absolute Gasteiger partial charge is 2.00 e. The normalized spacial score (nSPS) is 6.43. The quantitative estimate of drug-likeness (QED) is 0.381. The number of ether oxygens (including phenoxy) is 2. The van der Waals surface area contributed by atoms with Crippen LogP contribution >= 0.6 is 0 Å². The van der Waals surface area contributed by atoms with Crippen LogP contribution in [0.25, 0.3) is 0 Å². The maximum absolute atomic E-state index is 9.27. The van der Waals surface area contributed by atoms with Gasteiger partial charge in [0.25, 0.3) is 12.3 Å². The molecule has 0 aliphatic carbocycles. The summed E-state index contributed by atoms with van der Waals surface area (Å²) in [6.45, 7) is 3.50. The molecule has 0 spiro atoms. The first-order chi connectivity index (χ1) is 5.54. The van der Waals surface area contributed by atoms with Crippen LogP contribution in [-0.4, -0.2) is 71.6 Å². The summed E-state index contributed by atoms with van der Waals surface area (Å²) < 4.78 is 7.69. The molecule has 0 bridgehead atoms. The first kappa shape index (κ1) is 23.7. The molecule has 0 rings (SSSR count). The molecule has 0 aromatic carbocycles. The van der Waals surface area contributed by atoms with Crippen molar-refractivity contribution >= 4 is 58.4 Å². The predicted octanol–water partition coefficient (Wildman–Crippen LogP) is -2.56. The van der Waals surface area contributed by atoms with Gasteiger partial charge in [-0.25, -0.2) is 0 Å². The molecule has 0 heterocycles. The van der Waals surface area contributed by atoms with Crippen LogP contribution in [0.4, 0.5) is 9.59 Å². The Hall–Kier alpha value is 0.0725. The van der Waals surface area contributed by atoms with Gasteiger partial charge in [0.2, 0.25) is 0 Å². The molecule has 0 radical (unpaired) electrons. The molecule has 0 aromatic heterocycles. The summed E-state index contributed by atoms with van der Waals surface area (Å²) in [5, 5.41) is 18.5. The zero-order valence-corrected chi connectivity index (χ0v) is 8.99. The van der Waals surface area contributed by atoms with E-state index in [0.717, 1.165) is 0 Å². The minimum absolute atomic E-state index is 0. The first-order valence-electron chi connectivity index (χ1n) is 3.22. The monoisotopic (exact) mass is 228 g/mol. The van der Waals surface area contributed by atoms with Crippen molar-refractivity contribution in [3.63, 3.8) is 0 Å². The smallest absolute Gasteiger partial charge is 0.550 e. The maximum Gasteiger partial charge on any atom is 2.00 e. The number of rotatable bonds is 2. The van der Waals surface area contributed by atoms with E-state index in [1.165, 1.54) is 0 Å². The molecule has 0 amide bonds. The Kier molecular flexibility index (Phi) is 31.8. The van der Waals surface area contributed by atoms with Crippen molar-refractivity contribution in [3.8, 4) is 0 Å². The van der Waals surface area contributed by atoms with Crippen LogP contribution in [0.3, 0.4) is 0 Å². The third kappa shape index (κ3) is 40.1. The van der Waals surface area contributed by atoms with Gasteiger partial charge in [-0.3, -0.25) is 0 Å². The van der Waals surface area contributed by atoms with Crippen molar-refractivity contribution in [1.29, 1.82) is 0 Å². The van der Waals surface area contributed by atoms with E-state index in [9.17, 15) is 19.8 Å². The molecular weight excluding hydrogens is 217 g/mol. The Morgan fingerprint density at radius 2 is 1.21 bits per heavy atom. The second kappa shape index (κ2) is 18.8. The van der Waals surface area contributed by atoms with Crippen LogP contribution in [0.1, 0.15) is 13.8 Å². The Bertz CT molecular complexity index is 124. The molecule has 0 fully saturated rings. The van der Waals surface area contributed by atoms with Crippen LogP contribution in [0.5, 0.6) is 0 Å². The number of hydrogen-bond acceptors (Lipinski definition) is 6. The zero-order valence-electron chi connectivity index (χ0n) is 7.57. The van der Waals surface area contributed by atoms with Crippen molar-refractivity contribution in [2.45, 2.75) is 13.8 Å². The SMILES string of the molecule is CCOC(=O)[O-].CCOC(=O)[O-].[Mg+2].[MgH2]. The fourth-order valence-electron chi connectivity index (χ4n) is 0.236. The molecule has 6 nitrogen and oxygen atoms in total. The van der Waals surface area contributed by atoms with Crippen molar-refractivity contribution in [1.82, 2.24) is 0 Å². The molecule has 0 saturated heterocycles. The Labute approximate surface area is 114 Å². The molecule has 0 N–H and O–H groups in total. The number of carbonyl (C=O) groups is 2. The van der Waals surface area contributed by atoms with E-state index >= 15 is 0 Å². The van der Waals surface area contributed by atoms with E-state index in [1.807, 2.05) is 0 Å². The molecule has 0 atom stereocenters.